The Balaban J connectivity index is 0.000000149. The Morgan fingerprint density at radius 3 is 0.836 bits per heavy atom. The second kappa shape index (κ2) is 27.7. The van der Waals surface area contributed by atoms with Gasteiger partial charge in [-0.25, -0.2) is 13.2 Å². The second-order valence-electron chi connectivity index (χ2n) is 23.5. The van der Waals surface area contributed by atoms with Gasteiger partial charge in [-0.1, -0.05) is 141 Å². The fraction of sp³-hybridized carbons (Fsp3) is 0.719. The molecule has 372 valence electrons. The molecular weight excluding hydrogens is 826 g/mol. The molecule has 0 nitrogen and oxygen atoms in total. The lowest BCUT2D eigenvalue weighted by atomic mass is 9.68. The first kappa shape index (κ1) is 52.3. The molecule has 3 aromatic carbocycles. The van der Waals surface area contributed by atoms with Crippen LogP contribution in [0.4, 0.5) is 13.2 Å². The van der Waals surface area contributed by atoms with Gasteiger partial charge in [0.15, 0.2) is 0 Å². The average molecular weight is 921 g/mol. The molecule has 0 unspecified atom stereocenters. The van der Waals surface area contributed by atoms with Crippen molar-refractivity contribution in [3.8, 4) is 0 Å². The smallest absolute Gasteiger partial charge is 0.123 e. The molecule has 0 atom stereocenters. The topological polar surface area (TPSA) is 0 Å². The van der Waals surface area contributed by atoms with Crippen molar-refractivity contribution < 1.29 is 13.2 Å². The molecule has 6 aliphatic carbocycles. The molecule has 0 amide bonds. The van der Waals surface area contributed by atoms with E-state index in [1.54, 1.807) is 36.4 Å². The van der Waals surface area contributed by atoms with Crippen molar-refractivity contribution in [3.05, 3.63) is 107 Å². The summed E-state index contributed by atoms with van der Waals surface area (Å²) in [6, 6.07) is 21.7. The molecule has 6 aliphatic rings. The van der Waals surface area contributed by atoms with Crippen molar-refractivity contribution in [1.82, 2.24) is 0 Å². The normalized spacial score (nSPS) is 32.5. The lowest BCUT2D eigenvalue weighted by Gasteiger charge is -2.38. The van der Waals surface area contributed by atoms with Gasteiger partial charge < -0.3 is 0 Å². The lowest BCUT2D eigenvalue weighted by Crippen LogP contribution is -2.25. The van der Waals surface area contributed by atoms with Crippen molar-refractivity contribution >= 4 is 0 Å². The third-order valence-corrected chi connectivity index (χ3v) is 19.5. The quantitative estimate of drug-likeness (QED) is 0.150. The predicted octanol–water partition coefficient (Wildman–Crippen LogP) is 20.5. The summed E-state index contributed by atoms with van der Waals surface area (Å²) < 4.78 is 39.2. The zero-order chi connectivity index (χ0) is 46.8. The van der Waals surface area contributed by atoms with E-state index in [-0.39, 0.29) is 17.5 Å². The molecule has 0 aliphatic heterocycles. The molecule has 0 saturated heterocycles. The van der Waals surface area contributed by atoms with E-state index < -0.39 is 0 Å². The van der Waals surface area contributed by atoms with E-state index in [0.717, 1.165) is 53.3 Å². The lowest BCUT2D eigenvalue weighted by molar-refractivity contribution is 0.155. The van der Waals surface area contributed by atoms with Crippen LogP contribution in [-0.2, 0) is 0 Å². The molecule has 0 radical (unpaired) electrons. The van der Waals surface area contributed by atoms with Crippen LogP contribution in [0.25, 0.3) is 0 Å². The minimum Gasteiger partial charge on any atom is -0.207 e. The monoisotopic (exact) mass is 921 g/mol. The predicted molar refractivity (Wildman–Crippen MR) is 279 cm³/mol. The van der Waals surface area contributed by atoms with Gasteiger partial charge in [-0.15, -0.1) is 0 Å². The van der Waals surface area contributed by atoms with Crippen molar-refractivity contribution in [3.63, 3.8) is 0 Å². The summed E-state index contributed by atoms with van der Waals surface area (Å²) >= 11 is 0. The average Bonchev–Trinajstić information content (AvgIpc) is 3.38. The van der Waals surface area contributed by atoms with Gasteiger partial charge in [-0.3, -0.25) is 0 Å². The van der Waals surface area contributed by atoms with E-state index in [1.165, 1.54) is 216 Å². The van der Waals surface area contributed by atoms with Crippen LogP contribution >= 0.6 is 0 Å². The Kier molecular flexibility index (Phi) is 21.6. The summed E-state index contributed by atoms with van der Waals surface area (Å²) in [6.45, 7) is 6.97. The summed E-state index contributed by atoms with van der Waals surface area (Å²) in [6.07, 6.45) is 43.9. The van der Waals surface area contributed by atoms with Crippen molar-refractivity contribution in [1.29, 1.82) is 0 Å². The zero-order valence-electron chi connectivity index (χ0n) is 42.9. The highest BCUT2D eigenvalue weighted by atomic mass is 19.1. The van der Waals surface area contributed by atoms with Crippen LogP contribution in [0, 0.1) is 70.7 Å². The third kappa shape index (κ3) is 16.2. The fourth-order valence-electron chi connectivity index (χ4n) is 15.0. The molecule has 0 spiro atoms. The van der Waals surface area contributed by atoms with Crippen LogP contribution < -0.4 is 0 Å². The maximum Gasteiger partial charge on any atom is 0.123 e. The van der Waals surface area contributed by atoms with E-state index in [9.17, 15) is 13.2 Å². The SMILES string of the molecule is CCC1CCC(C2CCC(c3ccc(F)cc3)CC2)CC1.CCCC1CCC(C2CCC(c3ccc(F)cc3)CC2)CC1.CCCCCC1CCC(C2CCC(c3ccc(F)cc3)CC2)CC1. The highest BCUT2D eigenvalue weighted by Crippen LogP contribution is 2.47. The van der Waals surface area contributed by atoms with Crippen LogP contribution in [0.5, 0.6) is 0 Å². The first-order valence-corrected chi connectivity index (χ1v) is 29.0. The van der Waals surface area contributed by atoms with Crippen molar-refractivity contribution in [2.45, 2.75) is 238 Å². The summed E-state index contributed by atoms with van der Waals surface area (Å²) in [5.74, 6) is 10.7. The van der Waals surface area contributed by atoms with Crippen LogP contribution in [0.15, 0.2) is 72.8 Å². The number of unbranched alkanes of at least 4 members (excludes halogenated alkanes) is 2. The van der Waals surface area contributed by atoms with Crippen LogP contribution in [0.1, 0.15) is 254 Å². The van der Waals surface area contributed by atoms with Crippen molar-refractivity contribution in [2.75, 3.05) is 0 Å². The maximum absolute atomic E-state index is 13.1. The van der Waals surface area contributed by atoms with E-state index in [2.05, 4.69) is 20.8 Å². The number of rotatable bonds is 13. The second-order valence-corrected chi connectivity index (χ2v) is 23.5. The molecule has 0 bridgehead atoms. The molecule has 6 saturated carbocycles. The van der Waals surface area contributed by atoms with Crippen LogP contribution in [0.2, 0.25) is 0 Å². The highest BCUT2D eigenvalue weighted by molar-refractivity contribution is 5.23. The van der Waals surface area contributed by atoms with Gasteiger partial charge in [0.1, 0.15) is 17.5 Å². The van der Waals surface area contributed by atoms with Gasteiger partial charge >= 0.3 is 0 Å². The minimum absolute atomic E-state index is 0.108. The maximum atomic E-state index is 13.1. The largest absolute Gasteiger partial charge is 0.207 e. The summed E-state index contributed by atoms with van der Waals surface area (Å²) in [5, 5.41) is 0. The summed E-state index contributed by atoms with van der Waals surface area (Å²) in [5.41, 5.74) is 4.06. The molecule has 0 N–H and O–H groups in total. The van der Waals surface area contributed by atoms with Gasteiger partial charge in [0.2, 0.25) is 0 Å². The van der Waals surface area contributed by atoms with E-state index in [4.69, 9.17) is 0 Å². The highest BCUT2D eigenvalue weighted by Gasteiger charge is 2.34. The Hall–Kier alpha value is -2.55. The van der Waals surface area contributed by atoms with E-state index in [1.807, 2.05) is 36.4 Å². The minimum atomic E-state index is -0.111. The summed E-state index contributed by atoms with van der Waals surface area (Å²) in [7, 11) is 0. The Morgan fingerprint density at radius 2 is 0.567 bits per heavy atom. The Bertz CT molecular complexity index is 1730. The van der Waals surface area contributed by atoms with Gasteiger partial charge in [0.25, 0.3) is 0 Å². The third-order valence-electron chi connectivity index (χ3n) is 19.5. The van der Waals surface area contributed by atoms with E-state index >= 15 is 0 Å². The molecule has 3 heteroatoms. The Morgan fingerprint density at radius 1 is 0.299 bits per heavy atom. The molecule has 0 aromatic heterocycles. The first-order chi connectivity index (χ1) is 32.8. The molecule has 3 aromatic rings. The molecule has 6 fully saturated rings. The molecule has 9 rings (SSSR count). The van der Waals surface area contributed by atoms with E-state index in [0.29, 0.717) is 17.8 Å². The summed E-state index contributed by atoms with van der Waals surface area (Å²) in [4.78, 5) is 0. The number of halogens is 3. The molecule has 0 heterocycles. The van der Waals surface area contributed by atoms with Crippen molar-refractivity contribution in [2.24, 2.45) is 53.3 Å². The Labute approximate surface area is 409 Å². The van der Waals surface area contributed by atoms with Gasteiger partial charge in [0.05, 0.1) is 0 Å². The number of hydrogen-bond acceptors (Lipinski definition) is 0. The van der Waals surface area contributed by atoms with Crippen LogP contribution in [0.3, 0.4) is 0 Å². The van der Waals surface area contributed by atoms with Crippen LogP contribution in [-0.4, -0.2) is 0 Å². The van der Waals surface area contributed by atoms with Gasteiger partial charge in [0, 0.05) is 0 Å². The number of benzene rings is 3. The first-order valence-electron chi connectivity index (χ1n) is 29.0. The zero-order valence-corrected chi connectivity index (χ0v) is 42.9. The fourth-order valence-corrected chi connectivity index (χ4v) is 15.0. The number of hydrogen-bond donors (Lipinski definition) is 0. The standard InChI is InChI=1S/C23H35F.C21H31F.C20H29F/c1-2-3-4-5-18-6-8-19(9-7-18)20-10-12-21(13-11-20)22-14-16-23(24)17-15-22;1-2-3-16-4-6-17(7-5-16)18-8-10-19(11-9-18)20-12-14-21(22)15-13-20;1-2-15-3-5-16(6-4-15)17-7-9-18(10-8-17)19-11-13-20(21)14-12-19/h14-21H,2-13H2,1H3;12-19H,2-11H2,1H3;11-18H,2-10H2,1H3. The molecular formula is C64H95F3. The molecule has 67 heavy (non-hydrogen) atoms. The van der Waals surface area contributed by atoms with Gasteiger partial charge in [-0.2, -0.15) is 0 Å². The van der Waals surface area contributed by atoms with Gasteiger partial charge in [-0.05, 0) is 240 Å².